The van der Waals surface area contributed by atoms with Gasteiger partial charge in [-0.25, -0.2) is 4.98 Å². The van der Waals surface area contributed by atoms with Gasteiger partial charge in [-0.1, -0.05) is 31.4 Å². The van der Waals surface area contributed by atoms with E-state index < -0.39 is 0 Å². The van der Waals surface area contributed by atoms with Crippen LogP contribution in [0.15, 0.2) is 5.38 Å². The number of unbranched alkanes of at least 4 members (excludes halogenated alkanes) is 2. The number of nitrogens with one attached hydrogen (secondary N) is 1. The van der Waals surface area contributed by atoms with Crippen LogP contribution in [0.2, 0.25) is 5.15 Å². The lowest BCUT2D eigenvalue weighted by Crippen LogP contribution is -2.00. The molecule has 0 aliphatic heterocycles. The van der Waals surface area contributed by atoms with Crippen molar-refractivity contribution in [2.24, 2.45) is 0 Å². The molecular formula is C8H13ClN2S. The Morgan fingerprint density at radius 1 is 1.58 bits per heavy atom. The topological polar surface area (TPSA) is 24.9 Å². The standard InChI is InChI=1S/C8H13ClN2S/c1-2-3-4-5-10-8-11-7(9)6-12-8/h6H,2-5H2,1H3,(H,10,11). The van der Waals surface area contributed by atoms with Crippen molar-refractivity contribution in [3.05, 3.63) is 10.5 Å². The first kappa shape index (κ1) is 9.81. The van der Waals surface area contributed by atoms with E-state index in [0.717, 1.165) is 11.7 Å². The van der Waals surface area contributed by atoms with Crippen molar-refractivity contribution in [3.63, 3.8) is 0 Å². The third-order valence-corrected chi connectivity index (χ3v) is 2.66. The molecule has 0 aliphatic rings. The summed E-state index contributed by atoms with van der Waals surface area (Å²) in [6, 6.07) is 0. The molecule has 4 heteroatoms. The summed E-state index contributed by atoms with van der Waals surface area (Å²) in [5.41, 5.74) is 0. The van der Waals surface area contributed by atoms with Crippen molar-refractivity contribution in [1.29, 1.82) is 0 Å². The summed E-state index contributed by atoms with van der Waals surface area (Å²) >= 11 is 7.21. The maximum Gasteiger partial charge on any atom is 0.184 e. The zero-order chi connectivity index (χ0) is 8.81. The van der Waals surface area contributed by atoms with E-state index in [9.17, 15) is 0 Å². The summed E-state index contributed by atoms with van der Waals surface area (Å²) in [6.45, 7) is 3.19. The van der Waals surface area contributed by atoms with E-state index in [-0.39, 0.29) is 0 Å². The van der Waals surface area contributed by atoms with Gasteiger partial charge in [-0.15, -0.1) is 11.3 Å². The van der Waals surface area contributed by atoms with Gasteiger partial charge in [-0.2, -0.15) is 0 Å². The third kappa shape index (κ3) is 3.41. The molecule has 0 saturated carbocycles. The SMILES string of the molecule is CCCCCNc1nc(Cl)cs1. The van der Waals surface area contributed by atoms with E-state index >= 15 is 0 Å². The van der Waals surface area contributed by atoms with Gasteiger partial charge in [0, 0.05) is 11.9 Å². The van der Waals surface area contributed by atoms with Crippen LogP contribution in [0, 0.1) is 0 Å². The first-order valence-corrected chi connectivity index (χ1v) is 5.43. The third-order valence-electron chi connectivity index (χ3n) is 1.53. The minimum Gasteiger partial charge on any atom is -0.361 e. The fourth-order valence-corrected chi connectivity index (χ4v) is 1.77. The summed E-state index contributed by atoms with van der Waals surface area (Å²) in [7, 11) is 0. The van der Waals surface area contributed by atoms with E-state index in [1.807, 2.05) is 5.38 Å². The second kappa shape index (κ2) is 5.38. The highest BCUT2D eigenvalue weighted by atomic mass is 35.5. The number of hydrogen-bond donors (Lipinski definition) is 1. The first-order valence-electron chi connectivity index (χ1n) is 4.18. The minimum atomic E-state index is 0.581. The number of nitrogens with zero attached hydrogens (tertiary/aromatic N) is 1. The molecule has 1 aromatic rings. The number of anilines is 1. The molecule has 1 N–H and O–H groups in total. The molecule has 68 valence electrons. The van der Waals surface area contributed by atoms with Gasteiger partial charge in [0.2, 0.25) is 0 Å². The van der Waals surface area contributed by atoms with Gasteiger partial charge in [-0.05, 0) is 6.42 Å². The fourth-order valence-electron chi connectivity index (χ4n) is 0.906. The molecule has 0 amide bonds. The molecule has 0 bridgehead atoms. The van der Waals surface area contributed by atoms with Crippen LogP contribution < -0.4 is 5.32 Å². The van der Waals surface area contributed by atoms with E-state index in [4.69, 9.17) is 11.6 Å². The van der Waals surface area contributed by atoms with Crippen molar-refractivity contribution in [2.45, 2.75) is 26.2 Å². The normalized spacial score (nSPS) is 10.2. The van der Waals surface area contributed by atoms with Gasteiger partial charge >= 0.3 is 0 Å². The van der Waals surface area contributed by atoms with E-state index in [1.54, 1.807) is 11.3 Å². The Balaban J connectivity index is 2.15. The molecule has 12 heavy (non-hydrogen) atoms. The van der Waals surface area contributed by atoms with Gasteiger partial charge in [-0.3, -0.25) is 0 Å². The molecule has 0 atom stereocenters. The van der Waals surface area contributed by atoms with Crippen molar-refractivity contribution >= 4 is 28.1 Å². The van der Waals surface area contributed by atoms with Crippen molar-refractivity contribution in [2.75, 3.05) is 11.9 Å². The Labute approximate surface area is 82.0 Å². The molecule has 0 fully saturated rings. The van der Waals surface area contributed by atoms with Crippen molar-refractivity contribution in [3.8, 4) is 0 Å². The minimum absolute atomic E-state index is 0.581. The number of hydrogen-bond acceptors (Lipinski definition) is 3. The summed E-state index contributed by atoms with van der Waals surface area (Å²) in [5.74, 6) is 0. The Morgan fingerprint density at radius 3 is 3.00 bits per heavy atom. The first-order chi connectivity index (χ1) is 5.83. The summed E-state index contributed by atoms with van der Waals surface area (Å²) in [5, 5.41) is 6.57. The van der Waals surface area contributed by atoms with Crippen molar-refractivity contribution < 1.29 is 0 Å². The van der Waals surface area contributed by atoms with E-state index in [0.29, 0.717) is 5.15 Å². The van der Waals surface area contributed by atoms with Crippen molar-refractivity contribution in [1.82, 2.24) is 4.98 Å². The Hall–Kier alpha value is -0.280. The van der Waals surface area contributed by atoms with Gasteiger partial charge in [0.1, 0.15) is 5.15 Å². The van der Waals surface area contributed by atoms with Crippen LogP contribution in [0.3, 0.4) is 0 Å². The summed E-state index contributed by atoms with van der Waals surface area (Å²) in [6.07, 6.45) is 3.72. The molecule has 1 rings (SSSR count). The molecule has 0 spiro atoms. The van der Waals surface area contributed by atoms with Crippen LogP contribution in [0.1, 0.15) is 26.2 Å². The molecule has 0 saturated heterocycles. The molecule has 0 aromatic carbocycles. The second-order valence-corrected chi connectivity index (χ2v) is 3.85. The lowest BCUT2D eigenvalue weighted by atomic mass is 10.2. The molecule has 0 radical (unpaired) electrons. The van der Waals surface area contributed by atoms with Crippen LogP contribution in [0.4, 0.5) is 5.13 Å². The maximum atomic E-state index is 5.66. The molecule has 2 nitrogen and oxygen atoms in total. The lowest BCUT2D eigenvalue weighted by molar-refractivity contribution is 0.743. The molecular weight excluding hydrogens is 192 g/mol. The quantitative estimate of drug-likeness (QED) is 0.744. The Bertz CT molecular complexity index is 225. The predicted octanol–water partition coefficient (Wildman–Crippen LogP) is 3.40. The Morgan fingerprint density at radius 2 is 2.42 bits per heavy atom. The van der Waals surface area contributed by atoms with Gasteiger partial charge in [0.05, 0.1) is 0 Å². The molecule has 0 unspecified atom stereocenters. The highest BCUT2D eigenvalue weighted by molar-refractivity contribution is 7.14. The fraction of sp³-hybridized carbons (Fsp3) is 0.625. The smallest absolute Gasteiger partial charge is 0.184 e. The lowest BCUT2D eigenvalue weighted by Gasteiger charge is -1.99. The molecule has 1 aromatic heterocycles. The monoisotopic (exact) mass is 204 g/mol. The summed E-state index contributed by atoms with van der Waals surface area (Å²) in [4.78, 5) is 4.08. The number of halogens is 1. The second-order valence-electron chi connectivity index (χ2n) is 2.61. The average Bonchev–Trinajstić information content (AvgIpc) is 2.45. The Kier molecular flexibility index (Phi) is 4.40. The van der Waals surface area contributed by atoms with Crippen LogP contribution >= 0.6 is 22.9 Å². The zero-order valence-electron chi connectivity index (χ0n) is 7.14. The van der Waals surface area contributed by atoms with Crippen LogP contribution in [-0.4, -0.2) is 11.5 Å². The maximum absolute atomic E-state index is 5.66. The molecule has 1 heterocycles. The number of aromatic nitrogens is 1. The van der Waals surface area contributed by atoms with Crippen LogP contribution in [0.5, 0.6) is 0 Å². The largest absolute Gasteiger partial charge is 0.361 e. The highest BCUT2D eigenvalue weighted by Gasteiger charge is 1.96. The zero-order valence-corrected chi connectivity index (χ0v) is 8.71. The van der Waals surface area contributed by atoms with Gasteiger partial charge in [0.15, 0.2) is 5.13 Å². The average molecular weight is 205 g/mol. The van der Waals surface area contributed by atoms with Gasteiger partial charge < -0.3 is 5.32 Å². The van der Waals surface area contributed by atoms with Gasteiger partial charge in [0.25, 0.3) is 0 Å². The van der Waals surface area contributed by atoms with E-state index in [1.165, 1.54) is 19.3 Å². The van der Waals surface area contributed by atoms with Crippen LogP contribution in [0.25, 0.3) is 0 Å². The predicted molar refractivity (Wildman–Crippen MR) is 55.1 cm³/mol. The number of thiazole rings is 1. The number of rotatable bonds is 5. The summed E-state index contributed by atoms with van der Waals surface area (Å²) < 4.78 is 0. The van der Waals surface area contributed by atoms with Crippen LogP contribution in [-0.2, 0) is 0 Å². The molecule has 0 aliphatic carbocycles. The van der Waals surface area contributed by atoms with E-state index in [2.05, 4.69) is 17.2 Å². The highest BCUT2D eigenvalue weighted by Crippen LogP contribution is 2.18.